The number of halogens is 2. The number of alkyl halides is 1. The summed E-state index contributed by atoms with van der Waals surface area (Å²) in [6.45, 7) is 4.28. The van der Waals surface area contributed by atoms with Crippen molar-refractivity contribution in [1.82, 2.24) is 0 Å². The van der Waals surface area contributed by atoms with Crippen molar-refractivity contribution in [2.24, 2.45) is 23.2 Å². The first kappa shape index (κ1) is 21.1. The van der Waals surface area contributed by atoms with Crippen LogP contribution in [-0.2, 0) is 0 Å². The third-order valence-electron chi connectivity index (χ3n) is 8.31. The van der Waals surface area contributed by atoms with Gasteiger partial charge in [0.25, 0.3) is 0 Å². The van der Waals surface area contributed by atoms with E-state index < -0.39 is 11.5 Å². The summed E-state index contributed by atoms with van der Waals surface area (Å²) >= 11 is 0. The van der Waals surface area contributed by atoms with E-state index in [0.29, 0.717) is 12.3 Å². The molecule has 0 aromatic rings. The highest BCUT2D eigenvalue weighted by molar-refractivity contribution is 5.28. The minimum Gasteiger partial charge on any atom is -0.231 e. The standard InChI is InChI=1S/C25H40F2/c1-3-4-6-11-21-13-15-22(16-14-21)24(17-8-5-9-18-24)20(2)25(27)19-10-7-12-23(25)26/h10,12,19-22H,3-9,11,13-18H2,1-2H3/t20?,21-,22-,25?. The molecule has 2 atom stereocenters. The predicted molar refractivity (Wildman–Crippen MR) is 111 cm³/mol. The van der Waals surface area contributed by atoms with E-state index in [1.165, 1.54) is 76.7 Å². The molecule has 0 saturated heterocycles. The van der Waals surface area contributed by atoms with Crippen LogP contribution in [0.4, 0.5) is 8.78 Å². The SMILES string of the molecule is CCCCC[C@H]1CC[C@H](C2(C(C)C3(F)C=CCC=C3F)CCCCC2)CC1. The molecule has 2 heteroatoms. The summed E-state index contributed by atoms with van der Waals surface area (Å²) in [5.41, 5.74) is -1.90. The van der Waals surface area contributed by atoms with E-state index in [9.17, 15) is 4.39 Å². The summed E-state index contributed by atoms with van der Waals surface area (Å²) in [4.78, 5) is 0. The number of allylic oxidation sites excluding steroid dienone is 4. The zero-order valence-electron chi connectivity index (χ0n) is 17.6. The van der Waals surface area contributed by atoms with Crippen molar-refractivity contribution in [2.45, 2.75) is 109 Å². The second-order valence-electron chi connectivity index (χ2n) is 9.69. The van der Waals surface area contributed by atoms with Crippen molar-refractivity contribution in [1.29, 1.82) is 0 Å². The minimum atomic E-state index is -1.88. The number of hydrogen-bond acceptors (Lipinski definition) is 0. The third-order valence-corrected chi connectivity index (χ3v) is 8.31. The molecule has 2 saturated carbocycles. The first-order valence-corrected chi connectivity index (χ1v) is 11.8. The minimum absolute atomic E-state index is 0.0196. The summed E-state index contributed by atoms with van der Waals surface area (Å²) < 4.78 is 30.5. The Hall–Kier alpha value is -0.660. The highest BCUT2D eigenvalue weighted by atomic mass is 19.2. The molecular weight excluding hydrogens is 338 g/mol. The van der Waals surface area contributed by atoms with Gasteiger partial charge in [0, 0.05) is 5.92 Å². The summed E-state index contributed by atoms with van der Waals surface area (Å²) in [5.74, 6) is 0.649. The van der Waals surface area contributed by atoms with E-state index in [2.05, 4.69) is 6.92 Å². The monoisotopic (exact) mass is 378 g/mol. The molecule has 0 amide bonds. The second-order valence-corrected chi connectivity index (χ2v) is 9.69. The molecule has 0 radical (unpaired) electrons. The number of rotatable bonds is 7. The Balaban J connectivity index is 1.73. The molecule has 0 aromatic carbocycles. The molecule has 0 spiro atoms. The fourth-order valence-corrected chi connectivity index (χ4v) is 6.53. The molecule has 0 heterocycles. The predicted octanol–water partition coefficient (Wildman–Crippen LogP) is 8.48. The van der Waals surface area contributed by atoms with E-state index >= 15 is 4.39 Å². The van der Waals surface area contributed by atoms with Gasteiger partial charge < -0.3 is 0 Å². The Morgan fingerprint density at radius 3 is 2.41 bits per heavy atom. The normalized spacial score (nSPS) is 34.9. The van der Waals surface area contributed by atoms with Gasteiger partial charge in [-0.25, -0.2) is 8.78 Å². The summed E-state index contributed by atoms with van der Waals surface area (Å²) in [6.07, 6.45) is 21.6. The average Bonchev–Trinajstić information content (AvgIpc) is 2.71. The summed E-state index contributed by atoms with van der Waals surface area (Å²) in [5, 5.41) is 0. The lowest BCUT2D eigenvalue weighted by molar-refractivity contribution is -0.0494. The van der Waals surface area contributed by atoms with Gasteiger partial charge in [-0.2, -0.15) is 0 Å². The van der Waals surface area contributed by atoms with Crippen LogP contribution in [0.15, 0.2) is 24.1 Å². The molecule has 27 heavy (non-hydrogen) atoms. The molecule has 0 aliphatic heterocycles. The Bertz CT molecular complexity index is 520. The van der Waals surface area contributed by atoms with E-state index in [0.717, 1.165) is 18.8 Å². The Labute approximate surface area is 165 Å². The van der Waals surface area contributed by atoms with Crippen LogP contribution >= 0.6 is 0 Å². The van der Waals surface area contributed by atoms with Gasteiger partial charge in [0.05, 0.1) is 0 Å². The van der Waals surface area contributed by atoms with Gasteiger partial charge >= 0.3 is 0 Å². The lowest BCUT2D eigenvalue weighted by Gasteiger charge is -2.53. The van der Waals surface area contributed by atoms with Gasteiger partial charge in [0.15, 0.2) is 5.67 Å². The zero-order valence-corrected chi connectivity index (χ0v) is 17.6. The highest BCUT2D eigenvalue weighted by Crippen LogP contribution is 2.58. The van der Waals surface area contributed by atoms with E-state index in [1.807, 2.05) is 13.0 Å². The van der Waals surface area contributed by atoms with Crippen LogP contribution in [0.3, 0.4) is 0 Å². The van der Waals surface area contributed by atoms with Gasteiger partial charge in [-0.1, -0.05) is 77.7 Å². The highest BCUT2D eigenvalue weighted by Gasteiger charge is 2.54. The van der Waals surface area contributed by atoms with Crippen molar-refractivity contribution in [3.63, 3.8) is 0 Å². The van der Waals surface area contributed by atoms with Crippen LogP contribution in [0.25, 0.3) is 0 Å². The van der Waals surface area contributed by atoms with Crippen LogP contribution in [0.5, 0.6) is 0 Å². The van der Waals surface area contributed by atoms with Crippen LogP contribution in [0.1, 0.15) is 104 Å². The quantitative estimate of drug-likeness (QED) is 0.308. The maximum Gasteiger partial charge on any atom is 0.182 e. The molecule has 3 rings (SSSR count). The number of hydrogen-bond donors (Lipinski definition) is 0. The number of unbranched alkanes of at least 4 members (excludes halogenated alkanes) is 2. The van der Waals surface area contributed by atoms with E-state index in [-0.39, 0.29) is 11.3 Å². The fourth-order valence-electron chi connectivity index (χ4n) is 6.53. The smallest absolute Gasteiger partial charge is 0.182 e. The van der Waals surface area contributed by atoms with Gasteiger partial charge in [0.2, 0.25) is 0 Å². The molecule has 3 aliphatic carbocycles. The molecule has 154 valence electrons. The molecule has 0 bridgehead atoms. The largest absolute Gasteiger partial charge is 0.231 e. The molecule has 0 nitrogen and oxygen atoms in total. The second kappa shape index (κ2) is 9.23. The van der Waals surface area contributed by atoms with Gasteiger partial charge in [-0.05, 0) is 61.5 Å². The average molecular weight is 379 g/mol. The summed E-state index contributed by atoms with van der Waals surface area (Å²) in [6, 6.07) is 0. The van der Waals surface area contributed by atoms with Crippen molar-refractivity contribution in [3.05, 3.63) is 24.1 Å². The van der Waals surface area contributed by atoms with Gasteiger partial charge in [0.1, 0.15) is 5.83 Å². The van der Waals surface area contributed by atoms with Crippen molar-refractivity contribution >= 4 is 0 Å². The first-order chi connectivity index (χ1) is 13.0. The molecule has 2 fully saturated rings. The molecule has 0 N–H and O–H groups in total. The van der Waals surface area contributed by atoms with E-state index in [1.54, 1.807) is 6.08 Å². The Morgan fingerprint density at radius 1 is 1.07 bits per heavy atom. The van der Waals surface area contributed by atoms with Gasteiger partial charge in [-0.3, -0.25) is 0 Å². The van der Waals surface area contributed by atoms with Crippen LogP contribution in [0.2, 0.25) is 0 Å². The van der Waals surface area contributed by atoms with Crippen LogP contribution in [-0.4, -0.2) is 5.67 Å². The zero-order chi connectivity index (χ0) is 19.3. The Morgan fingerprint density at radius 2 is 1.78 bits per heavy atom. The molecular formula is C25H40F2. The maximum absolute atomic E-state index is 15.9. The van der Waals surface area contributed by atoms with E-state index in [4.69, 9.17) is 0 Å². The molecule has 2 unspecified atom stereocenters. The van der Waals surface area contributed by atoms with Crippen molar-refractivity contribution in [2.75, 3.05) is 0 Å². The lowest BCUT2D eigenvalue weighted by Crippen LogP contribution is -2.49. The third kappa shape index (κ3) is 4.35. The fraction of sp³-hybridized carbons (Fsp3) is 0.840. The van der Waals surface area contributed by atoms with Crippen molar-refractivity contribution < 1.29 is 8.78 Å². The maximum atomic E-state index is 15.9. The molecule has 0 aromatic heterocycles. The lowest BCUT2D eigenvalue weighted by atomic mass is 9.52. The van der Waals surface area contributed by atoms with Gasteiger partial charge in [-0.15, -0.1) is 0 Å². The topological polar surface area (TPSA) is 0 Å². The van der Waals surface area contributed by atoms with Crippen LogP contribution < -0.4 is 0 Å². The Kier molecular flexibility index (Phi) is 7.20. The molecule has 3 aliphatic rings. The first-order valence-electron chi connectivity index (χ1n) is 11.8. The van der Waals surface area contributed by atoms with Crippen LogP contribution in [0, 0.1) is 23.2 Å². The summed E-state index contributed by atoms with van der Waals surface area (Å²) in [7, 11) is 0. The van der Waals surface area contributed by atoms with Crippen molar-refractivity contribution in [3.8, 4) is 0 Å².